The Morgan fingerprint density at radius 2 is 1.36 bits per heavy atom. The summed E-state index contributed by atoms with van der Waals surface area (Å²) in [6.45, 7) is 4.22. The number of rotatable bonds is 5. The minimum absolute atomic E-state index is 0.656. The average molecular weight is 371 g/mol. The second kappa shape index (κ2) is 7.95. The maximum absolute atomic E-state index is 6.24. The highest BCUT2D eigenvalue weighted by molar-refractivity contribution is 6.31. The van der Waals surface area contributed by atoms with Gasteiger partial charge < -0.3 is 4.74 Å². The van der Waals surface area contributed by atoms with Crippen molar-refractivity contribution >= 4 is 23.2 Å². The van der Waals surface area contributed by atoms with E-state index in [4.69, 9.17) is 27.9 Å². The summed E-state index contributed by atoms with van der Waals surface area (Å²) < 4.78 is 6.24. The molecule has 0 aliphatic carbocycles. The highest BCUT2D eigenvalue weighted by Crippen LogP contribution is 2.34. The molecule has 3 heteroatoms. The van der Waals surface area contributed by atoms with E-state index < -0.39 is 0 Å². The molecule has 3 aromatic rings. The van der Waals surface area contributed by atoms with Gasteiger partial charge in [0.25, 0.3) is 0 Å². The average Bonchev–Trinajstić information content (AvgIpc) is 2.59. The first-order valence-electron chi connectivity index (χ1n) is 8.36. The van der Waals surface area contributed by atoms with Gasteiger partial charge in [0.15, 0.2) is 0 Å². The Kier molecular flexibility index (Phi) is 5.67. The fraction of sp³-hybridized carbons (Fsp3) is 0.182. The molecule has 0 atom stereocenters. The predicted octanol–water partition coefficient (Wildman–Crippen LogP) is 7.25. The molecular formula is C22H20Cl2O. The number of hydrogen-bond acceptors (Lipinski definition) is 1. The number of halogens is 2. The van der Waals surface area contributed by atoms with Crippen LogP contribution in [-0.2, 0) is 12.8 Å². The summed E-state index contributed by atoms with van der Waals surface area (Å²) in [4.78, 5) is 0. The maximum Gasteiger partial charge on any atom is 0.132 e. The molecule has 128 valence electrons. The molecule has 0 amide bonds. The van der Waals surface area contributed by atoms with Gasteiger partial charge in [-0.05, 0) is 59.9 Å². The van der Waals surface area contributed by atoms with E-state index in [0.29, 0.717) is 10.0 Å². The van der Waals surface area contributed by atoms with E-state index in [1.54, 1.807) is 0 Å². The van der Waals surface area contributed by atoms with Crippen LogP contribution < -0.4 is 4.74 Å². The molecule has 0 radical (unpaired) electrons. The molecule has 0 saturated carbocycles. The zero-order valence-corrected chi connectivity index (χ0v) is 15.9. The molecule has 0 saturated heterocycles. The summed E-state index contributed by atoms with van der Waals surface area (Å²) in [7, 11) is 0. The molecule has 0 N–H and O–H groups in total. The molecule has 0 aromatic heterocycles. The summed E-state index contributed by atoms with van der Waals surface area (Å²) in [5.74, 6) is 1.55. The fourth-order valence-electron chi connectivity index (χ4n) is 2.82. The Morgan fingerprint density at radius 1 is 0.760 bits per heavy atom. The number of aryl methyl sites for hydroxylation is 2. The van der Waals surface area contributed by atoms with Gasteiger partial charge >= 0.3 is 0 Å². The van der Waals surface area contributed by atoms with E-state index >= 15 is 0 Å². The van der Waals surface area contributed by atoms with Crippen LogP contribution in [0.5, 0.6) is 11.5 Å². The van der Waals surface area contributed by atoms with Crippen LogP contribution >= 0.6 is 23.2 Å². The normalized spacial score (nSPS) is 10.7. The Morgan fingerprint density at radius 3 is 2.00 bits per heavy atom. The van der Waals surface area contributed by atoms with Crippen molar-refractivity contribution in [3.8, 4) is 11.5 Å². The first kappa shape index (κ1) is 17.8. The largest absolute Gasteiger partial charge is 0.457 e. The van der Waals surface area contributed by atoms with Crippen molar-refractivity contribution in [1.29, 1.82) is 0 Å². The van der Waals surface area contributed by atoms with Crippen molar-refractivity contribution in [2.24, 2.45) is 0 Å². The van der Waals surface area contributed by atoms with Crippen molar-refractivity contribution in [1.82, 2.24) is 0 Å². The van der Waals surface area contributed by atoms with Gasteiger partial charge in [-0.15, -0.1) is 0 Å². The van der Waals surface area contributed by atoms with Gasteiger partial charge in [0, 0.05) is 16.5 Å². The molecule has 0 heterocycles. The lowest BCUT2D eigenvalue weighted by atomic mass is 10.00. The van der Waals surface area contributed by atoms with E-state index in [1.165, 1.54) is 11.1 Å². The summed E-state index contributed by atoms with van der Waals surface area (Å²) in [6, 6.07) is 19.9. The summed E-state index contributed by atoms with van der Waals surface area (Å²) in [5.41, 5.74) is 4.75. The van der Waals surface area contributed by atoms with Gasteiger partial charge in [0.2, 0.25) is 0 Å². The Bertz CT molecular complexity index is 887. The molecule has 0 bridgehead atoms. The van der Waals surface area contributed by atoms with Gasteiger partial charge in [0.1, 0.15) is 11.5 Å². The van der Waals surface area contributed by atoms with Gasteiger partial charge in [-0.3, -0.25) is 0 Å². The lowest BCUT2D eigenvalue weighted by Gasteiger charge is -2.15. The summed E-state index contributed by atoms with van der Waals surface area (Å²) >= 11 is 12.4. The molecule has 0 aliphatic heterocycles. The summed E-state index contributed by atoms with van der Waals surface area (Å²) in [5, 5.41) is 1.32. The maximum atomic E-state index is 6.24. The van der Waals surface area contributed by atoms with E-state index in [0.717, 1.165) is 35.5 Å². The highest BCUT2D eigenvalue weighted by atomic mass is 35.5. The lowest BCUT2D eigenvalue weighted by molar-refractivity contribution is 0.472. The van der Waals surface area contributed by atoms with Crippen LogP contribution in [0, 0.1) is 6.92 Å². The second-order valence-electron chi connectivity index (χ2n) is 6.06. The highest BCUT2D eigenvalue weighted by Gasteiger charge is 2.11. The van der Waals surface area contributed by atoms with Crippen molar-refractivity contribution in [2.45, 2.75) is 26.7 Å². The van der Waals surface area contributed by atoms with Crippen molar-refractivity contribution in [3.05, 3.63) is 93.0 Å². The molecule has 25 heavy (non-hydrogen) atoms. The zero-order valence-electron chi connectivity index (χ0n) is 14.4. The molecule has 3 rings (SSSR count). The van der Waals surface area contributed by atoms with Crippen molar-refractivity contribution < 1.29 is 4.74 Å². The Hall–Kier alpha value is -1.96. The predicted molar refractivity (Wildman–Crippen MR) is 106 cm³/mol. The second-order valence-corrected chi connectivity index (χ2v) is 6.94. The zero-order chi connectivity index (χ0) is 17.8. The van der Waals surface area contributed by atoms with Crippen LogP contribution in [0.25, 0.3) is 0 Å². The molecule has 0 unspecified atom stereocenters. The van der Waals surface area contributed by atoms with Gasteiger partial charge in [-0.25, -0.2) is 0 Å². The van der Waals surface area contributed by atoms with E-state index in [2.05, 4.69) is 38.1 Å². The number of benzene rings is 3. The minimum Gasteiger partial charge on any atom is -0.457 e. The molecule has 3 aromatic carbocycles. The Labute approximate surface area is 159 Å². The third kappa shape index (κ3) is 4.36. The van der Waals surface area contributed by atoms with E-state index in [1.807, 2.05) is 36.4 Å². The standard InChI is InChI=1S/C22H20Cl2O/c1-3-16-8-10-19(23)13-21(16)25-22-14-20(24)11-9-18(22)12-17-7-5-4-6-15(17)2/h4-11,13-14H,3,12H2,1-2H3. The van der Waals surface area contributed by atoms with Crippen molar-refractivity contribution in [3.63, 3.8) is 0 Å². The SMILES string of the molecule is CCc1ccc(Cl)cc1Oc1cc(Cl)ccc1Cc1ccccc1C. The molecule has 0 spiro atoms. The third-order valence-corrected chi connectivity index (χ3v) is 4.77. The van der Waals surface area contributed by atoms with E-state index in [-0.39, 0.29) is 0 Å². The number of hydrogen-bond donors (Lipinski definition) is 0. The molecule has 0 aliphatic rings. The molecule has 1 nitrogen and oxygen atoms in total. The smallest absolute Gasteiger partial charge is 0.132 e. The molecule has 0 fully saturated rings. The van der Waals surface area contributed by atoms with Gasteiger partial charge in [0.05, 0.1) is 0 Å². The monoisotopic (exact) mass is 370 g/mol. The van der Waals surface area contributed by atoms with Gasteiger partial charge in [-0.2, -0.15) is 0 Å². The van der Waals surface area contributed by atoms with Crippen molar-refractivity contribution in [2.75, 3.05) is 0 Å². The van der Waals surface area contributed by atoms with E-state index in [9.17, 15) is 0 Å². The molecular weight excluding hydrogens is 351 g/mol. The van der Waals surface area contributed by atoms with Gasteiger partial charge in [-0.1, -0.05) is 66.5 Å². The minimum atomic E-state index is 0.656. The van der Waals surface area contributed by atoms with Crippen LogP contribution in [0.3, 0.4) is 0 Å². The topological polar surface area (TPSA) is 9.23 Å². The van der Waals surface area contributed by atoms with Crippen LogP contribution in [0.1, 0.15) is 29.2 Å². The van der Waals surface area contributed by atoms with Crippen LogP contribution in [0.2, 0.25) is 10.0 Å². The Balaban J connectivity index is 1.98. The summed E-state index contributed by atoms with van der Waals surface area (Å²) in [6.07, 6.45) is 1.67. The third-order valence-electron chi connectivity index (χ3n) is 4.30. The quantitative estimate of drug-likeness (QED) is 0.459. The fourth-order valence-corrected chi connectivity index (χ4v) is 3.14. The lowest BCUT2D eigenvalue weighted by Crippen LogP contribution is -1.97. The first-order valence-corrected chi connectivity index (χ1v) is 9.11. The first-order chi connectivity index (χ1) is 12.1. The van der Waals surface area contributed by atoms with Crippen LogP contribution in [-0.4, -0.2) is 0 Å². The van der Waals surface area contributed by atoms with Crippen LogP contribution in [0.15, 0.2) is 60.7 Å². The number of ether oxygens (including phenoxy) is 1. The van der Waals surface area contributed by atoms with Crippen LogP contribution in [0.4, 0.5) is 0 Å².